The molecule has 1 aromatic carbocycles. The normalized spacial score (nSPS) is 11.8. The van der Waals surface area contributed by atoms with E-state index in [2.05, 4.69) is 13.0 Å². The lowest BCUT2D eigenvalue weighted by molar-refractivity contribution is -0.134. The SMILES string of the molecule is CCCCCCCC/C=C/C=C(\OC(C)=O)c1ccccc1. The van der Waals surface area contributed by atoms with Gasteiger partial charge in [-0.15, -0.1) is 0 Å². The molecule has 0 saturated carbocycles. The molecular formula is C20H28O2. The van der Waals surface area contributed by atoms with E-state index >= 15 is 0 Å². The van der Waals surface area contributed by atoms with Gasteiger partial charge in [0.2, 0.25) is 0 Å². The van der Waals surface area contributed by atoms with Crippen molar-refractivity contribution in [2.75, 3.05) is 0 Å². The van der Waals surface area contributed by atoms with Crippen molar-refractivity contribution in [3.8, 4) is 0 Å². The summed E-state index contributed by atoms with van der Waals surface area (Å²) in [5, 5.41) is 0. The minimum atomic E-state index is -0.292. The minimum absolute atomic E-state index is 0.292. The average molecular weight is 300 g/mol. The van der Waals surface area contributed by atoms with E-state index in [1.165, 1.54) is 45.4 Å². The first-order chi connectivity index (χ1) is 10.7. The van der Waals surface area contributed by atoms with Crippen molar-refractivity contribution >= 4 is 11.7 Å². The molecule has 22 heavy (non-hydrogen) atoms. The summed E-state index contributed by atoms with van der Waals surface area (Å²) < 4.78 is 5.28. The molecular weight excluding hydrogens is 272 g/mol. The van der Waals surface area contributed by atoms with Crippen LogP contribution in [-0.4, -0.2) is 5.97 Å². The first-order valence-electron chi connectivity index (χ1n) is 8.34. The van der Waals surface area contributed by atoms with Crippen molar-refractivity contribution in [2.45, 2.75) is 58.8 Å². The molecule has 0 aliphatic rings. The van der Waals surface area contributed by atoms with Crippen molar-refractivity contribution < 1.29 is 9.53 Å². The molecule has 0 radical (unpaired) electrons. The van der Waals surface area contributed by atoms with Gasteiger partial charge in [0, 0.05) is 12.5 Å². The molecule has 0 unspecified atom stereocenters. The Labute approximate surface area is 134 Å². The van der Waals surface area contributed by atoms with Gasteiger partial charge in [0.05, 0.1) is 0 Å². The third kappa shape index (κ3) is 8.46. The fourth-order valence-electron chi connectivity index (χ4n) is 2.24. The topological polar surface area (TPSA) is 26.3 Å². The van der Waals surface area contributed by atoms with Crippen molar-refractivity contribution in [3.63, 3.8) is 0 Å². The molecule has 0 saturated heterocycles. The zero-order valence-corrected chi connectivity index (χ0v) is 13.9. The van der Waals surface area contributed by atoms with Crippen molar-refractivity contribution in [3.05, 3.63) is 54.1 Å². The van der Waals surface area contributed by atoms with Gasteiger partial charge in [-0.25, -0.2) is 0 Å². The molecule has 2 nitrogen and oxygen atoms in total. The number of hydrogen-bond acceptors (Lipinski definition) is 2. The second-order valence-corrected chi connectivity index (χ2v) is 5.48. The van der Waals surface area contributed by atoms with E-state index in [-0.39, 0.29) is 5.97 Å². The molecule has 0 aliphatic heterocycles. The van der Waals surface area contributed by atoms with Crippen LogP contribution in [0.3, 0.4) is 0 Å². The van der Waals surface area contributed by atoms with Gasteiger partial charge in [-0.3, -0.25) is 4.79 Å². The average Bonchev–Trinajstić information content (AvgIpc) is 2.52. The molecule has 1 aromatic rings. The predicted molar refractivity (Wildman–Crippen MR) is 93.3 cm³/mol. The van der Waals surface area contributed by atoms with Gasteiger partial charge < -0.3 is 4.74 Å². The number of carbonyl (C=O) groups excluding carboxylic acids is 1. The first kappa shape index (κ1) is 18.2. The van der Waals surface area contributed by atoms with Crippen molar-refractivity contribution in [1.29, 1.82) is 0 Å². The van der Waals surface area contributed by atoms with E-state index in [1.54, 1.807) is 0 Å². The van der Waals surface area contributed by atoms with Crippen LogP contribution in [0.5, 0.6) is 0 Å². The number of allylic oxidation sites excluding steroid dienone is 3. The second-order valence-electron chi connectivity index (χ2n) is 5.48. The summed E-state index contributed by atoms with van der Waals surface area (Å²) in [7, 11) is 0. The Morgan fingerprint density at radius 1 is 1.05 bits per heavy atom. The molecule has 1 rings (SSSR count). The van der Waals surface area contributed by atoms with E-state index in [0.717, 1.165) is 12.0 Å². The van der Waals surface area contributed by atoms with Crippen molar-refractivity contribution in [2.24, 2.45) is 0 Å². The van der Waals surface area contributed by atoms with Crippen LogP contribution >= 0.6 is 0 Å². The lowest BCUT2D eigenvalue weighted by atomic mass is 10.1. The van der Waals surface area contributed by atoms with E-state index in [4.69, 9.17) is 4.74 Å². The Morgan fingerprint density at radius 3 is 2.41 bits per heavy atom. The maximum Gasteiger partial charge on any atom is 0.308 e. The first-order valence-corrected chi connectivity index (χ1v) is 8.34. The van der Waals surface area contributed by atoms with E-state index < -0.39 is 0 Å². The molecule has 0 N–H and O–H groups in total. The molecule has 0 aliphatic carbocycles. The summed E-state index contributed by atoms with van der Waals surface area (Å²) in [6.07, 6.45) is 14.9. The zero-order chi connectivity index (χ0) is 16.0. The van der Waals surface area contributed by atoms with Crippen LogP contribution in [-0.2, 0) is 9.53 Å². The van der Waals surface area contributed by atoms with Crippen LogP contribution in [0.15, 0.2) is 48.6 Å². The summed E-state index contributed by atoms with van der Waals surface area (Å²) in [4.78, 5) is 11.2. The van der Waals surface area contributed by atoms with Gasteiger partial charge in [0.25, 0.3) is 0 Å². The molecule has 0 aromatic heterocycles. The lowest BCUT2D eigenvalue weighted by Crippen LogP contribution is -1.97. The number of rotatable bonds is 10. The standard InChI is InChI=1S/C20H28O2/c1-3-4-5-6-7-8-9-10-14-17-20(22-18(2)21)19-15-12-11-13-16-19/h10-17H,3-9H2,1-2H3/b14-10+,20-17-. The van der Waals surface area contributed by atoms with Gasteiger partial charge in [-0.05, 0) is 18.9 Å². The summed E-state index contributed by atoms with van der Waals surface area (Å²) in [6.45, 7) is 3.67. The predicted octanol–water partition coefficient (Wildman–Crippen LogP) is 5.90. The molecule has 0 spiro atoms. The largest absolute Gasteiger partial charge is 0.426 e. The molecule has 0 atom stereocenters. The van der Waals surface area contributed by atoms with Crippen LogP contribution in [0, 0.1) is 0 Å². The van der Waals surface area contributed by atoms with Gasteiger partial charge in [-0.1, -0.05) is 81.5 Å². The Morgan fingerprint density at radius 2 is 1.73 bits per heavy atom. The smallest absolute Gasteiger partial charge is 0.308 e. The van der Waals surface area contributed by atoms with E-state index in [9.17, 15) is 4.79 Å². The molecule has 120 valence electrons. The summed E-state index contributed by atoms with van der Waals surface area (Å²) in [5.41, 5.74) is 0.918. The molecule has 0 amide bonds. The van der Waals surface area contributed by atoms with Crippen LogP contribution < -0.4 is 0 Å². The Bertz CT molecular complexity index is 472. The summed E-state index contributed by atoms with van der Waals surface area (Å²) in [6, 6.07) is 9.70. The number of esters is 1. The second kappa shape index (κ2) is 11.8. The monoisotopic (exact) mass is 300 g/mol. The Balaban J connectivity index is 2.41. The quantitative estimate of drug-likeness (QED) is 0.233. The molecule has 0 heterocycles. The Kier molecular flexibility index (Phi) is 9.76. The van der Waals surface area contributed by atoms with Gasteiger partial charge in [-0.2, -0.15) is 0 Å². The maximum atomic E-state index is 11.2. The highest BCUT2D eigenvalue weighted by Gasteiger charge is 2.03. The molecule has 2 heteroatoms. The third-order valence-electron chi connectivity index (χ3n) is 3.42. The Hall–Kier alpha value is -1.83. The fraction of sp³-hybridized carbons (Fsp3) is 0.450. The van der Waals surface area contributed by atoms with Crippen LogP contribution in [0.1, 0.15) is 64.4 Å². The number of carbonyl (C=O) groups is 1. The number of unbranched alkanes of at least 4 members (excludes halogenated alkanes) is 6. The highest BCUT2D eigenvalue weighted by atomic mass is 16.5. The lowest BCUT2D eigenvalue weighted by Gasteiger charge is -2.06. The fourth-order valence-corrected chi connectivity index (χ4v) is 2.24. The summed E-state index contributed by atoms with van der Waals surface area (Å²) >= 11 is 0. The zero-order valence-electron chi connectivity index (χ0n) is 13.9. The number of hydrogen-bond donors (Lipinski definition) is 0. The van der Waals surface area contributed by atoms with Crippen molar-refractivity contribution in [1.82, 2.24) is 0 Å². The highest BCUT2D eigenvalue weighted by Crippen LogP contribution is 2.16. The number of ether oxygens (including phenoxy) is 1. The van der Waals surface area contributed by atoms with Gasteiger partial charge in [0.15, 0.2) is 0 Å². The van der Waals surface area contributed by atoms with Crippen LogP contribution in [0.2, 0.25) is 0 Å². The van der Waals surface area contributed by atoms with Crippen LogP contribution in [0.4, 0.5) is 0 Å². The molecule has 0 bridgehead atoms. The van der Waals surface area contributed by atoms with E-state index in [0.29, 0.717) is 5.76 Å². The van der Waals surface area contributed by atoms with E-state index in [1.807, 2.05) is 42.5 Å². The highest BCUT2D eigenvalue weighted by molar-refractivity contribution is 5.76. The minimum Gasteiger partial charge on any atom is -0.426 e. The van der Waals surface area contributed by atoms with Gasteiger partial charge in [0.1, 0.15) is 5.76 Å². The third-order valence-corrected chi connectivity index (χ3v) is 3.42. The molecule has 0 fully saturated rings. The summed E-state index contributed by atoms with van der Waals surface area (Å²) in [5.74, 6) is 0.312. The van der Waals surface area contributed by atoms with Crippen LogP contribution in [0.25, 0.3) is 5.76 Å². The van der Waals surface area contributed by atoms with Gasteiger partial charge >= 0.3 is 5.97 Å². The number of benzene rings is 1. The maximum absolute atomic E-state index is 11.2.